The van der Waals surface area contributed by atoms with Crippen molar-refractivity contribution >= 4 is 0 Å². The molecule has 0 aliphatic carbocycles. The summed E-state index contributed by atoms with van der Waals surface area (Å²) in [6.45, 7) is 8.44. The molecule has 1 aromatic rings. The predicted octanol–water partition coefficient (Wildman–Crippen LogP) is 2.01. The van der Waals surface area contributed by atoms with E-state index in [2.05, 4.69) is 38.0 Å². The number of aromatic nitrogens is 3. The van der Waals surface area contributed by atoms with Gasteiger partial charge in [-0.05, 0) is 24.7 Å². The largest absolute Gasteiger partial charge is 0.372 e. The highest BCUT2D eigenvalue weighted by atomic mass is 16.3. The van der Waals surface area contributed by atoms with Gasteiger partial charge in [0.25, 0.3) is 0 Å². The van der Waals surface area contributed by atoms with Gasteiger partial charge in [-0.3, -0.25) is 0 Å². The van der Waals surface area contributed by atoms with Crippen LogP contribution < -0.4 is 0 Å². The molecule has 1 heterocycles. The average Bonchev–Trinajstić information content (AvgIpc) is 2.50. The van der Waals surface area contributed by atoms with Crippen LogP contribution in [0.1, 0.15) is 46.0 Å². The second-order valence-electron chi connectivity index (χ2n) is 4.90. The minimum atomic E-state index is -0.543. The molecule has 1 unspecified atom stereocenters. The molecular formula is C11H21N3O. The lowest BCUT2D eigenvalue weighted by Gasteiger charge is -2.11. The zero-order valence-electron chi connectivity index (χ0n) is 10.0. The maximum Gasteiger partial charge on any atom is 0.149 e. The SMILES string of the molecule is CC(C)Cc1cn(C(O)CC(C)C)nn1. The van der Waals surface area contributed by atoms with Crippen molar-refractivity contribution in [3.05, 3.63) is 11.9 Å². The summed E-state index contributed by atoms with van der Waals surface area (Å²) in [7, 11) is 0. The standard InChI is InChI=1S/C11H21N3O/c1-8(2)5-10-7-14(13-12-10)11(15)6-9(3)4/h7-9,11,15H,5-6H2,1-4H3. The van der Waals surface area contributed by atoms with Gasteiger partial charge in [-0.25, -0.2) is 4.68 Å². The molecule has 0 bridgehead atoms. The van der Waals surface area contributed by atoms with Gasteiger partial charge >= 0.3 is 0 Å². The summed E-state index contributed by atoms with van der Waals surface area (Å²) in [4.78, 5) is 0. The number of aliphatic hydroxyl groups excluding tert-OH is 1. The molecule has 0 amide bonds. The highest BCUT2D eigenvalue weighted by molar-refractivity contribution is 4.93. The third-order valence-corrected chi connectivity index (χ3v) is 2.16. The molecule has 1 N–H and O–H groups in total. The quantitative estimate of drug-likeness (QED) is 0.810. The zero-order valence-corrected chi connectivity index (χ0v) is 10.0. The van der Waals surface area contributed by atoms with E-state index in [1.807, 2.05) is 6.20 Å². The third kappa shape index (κ3) is 4.00. The van der Waals surface area contributed by atoms with Crippen molar-refractivity contribution < 1.29 is 5.11 Å². The van der Waals surface area contributed by atoms with Crippen LogP contribution in [-0.2, 0) is 6.42 Å². The van der Waals surface area contributed by atoms with Gasteiger partial charge in [-0.2, -0.15) is 0 Å². The fourth-order valence-electron chi connectivity index (χ4n) is 1.50. The molecule has 1 aromatic heterocycles. The van der Waals surface area contributed by atoms with Crippen molar-refractivity contribution in [1.82, 2.24) is 15.0 Å². The maximum absolute atomic E-state index is 9.80. The maximum atomic E-state index is 9.80. The van der Waals surface area contributed by atoms with E-state index in [-0.39, 0.29) is 0 Å². The van der Waals surface area contributed by atoms with E-state index < -0.39 is 6.23 Å². The van der Waals surface area contributed by atoms with Crippen LogP contribution in [0.2, 0.25) is 0 Å². The first-order valence-corrected chi connectivity index (χ1v) is 5.57. The monoisotopic (exact) mass is 211 g/mol. The normalized spacial score (nSPS) is 13.8. The van der Waals surface area contributed by atoms with E-state index in [4.69, 9.17) is 0 Å². The lowest BCUT2D eigenvalue weighted by molar-refractivity contribution is 0.0668. The van der Waals surface area contributed by atoms with Gasteiger partial charge < -0.3 is 5.11 Å². The third-order valence-electron chi connectivity index (χ3n) is 2.16. The zero-order chi connectivity index (χ0) is 11.4. The van der Waals surface area contributed by atoms with Crippen LogP contribution in [0.5, 0.6) is 0 Å². The first kappa shape index (κ1) is 12.2. The minimum Gasteiger partial charge on any atom is -0.372 e. The Hall–Kier alpha value is -0.900. The Balaban J connectivity index is 2.58. The molecule has 86 valence electrons. The van der Waals surface area contributed by atoms with E-state index in [0.29, 0.717) is 18.3 Å². The molecule has 0 aromatic carbocycles. The van der Waals surface area contributed by atoms with Crippen molar-refractivity contribution in [1.29, 1.82) is 0 Å². The highest BCUT2D eigenvalue weighted by Crippen LogP contribution is 2.14. The lowest BCUT2D eigenvalue weighted by Crippen LogP contribution is -2.11. The van der Waals surface area contributed by atoms with Crippen molar-refractivity contribution in [2.45, 2.75) is 46.8 Å². The van der Waals surface area contributed by atoms with E-state index in [1.165, 1.54) is 0 Å². The molecular weight excluding hydrogens is 190 g/mol. The van der Waals surface area contributed by atoms with Crippen LogP contribution in [-0.4, -0.2) is 20.1 Å². The van der Waals surface area contributed by atoms with Gasteiger partial charge in [0.15, 0.2) is 0 Å². The molecule has 0 saturated heterocycles. The van der Waals surface area contributed by atoms with Crippen LogP contribution >= 0.6 is 0 Å². The first-order valence-electron chi connectivity index (χ1n) is 5.57. The number of nitrogens with zero attached hydrogens (tertiary/aromatic N) is 3. The van der Waals surface area contributed by atoms with Gasteiger partial charge in [0, 0.05) is 0 Å². The van der Waals surface area contributed by atoms with Gasteiger partial charge in [0.1, 0.15) is 6.23 Å². The molecule has 0 aliphatic rings. The van der Waals surface area contributed by atoms with E-state index in [0.717, 1.165) is 12.1 Å². The molecule has 0 spiro atoms. The van der Waals surface area contributed by atoms with Crippen molar-refractivity contribution in [2.24, 2.45) is 11.8 Å². The van der Waals surface area contributed by atoms with Crippen molar-refractivity contribution in [3.63, 3.8) is 0 Å². The second kappa shape index (κ2) is 5.26. The first-order chi connectivity index (χ1) is 6.99. The number of aliphatic hydroxyl groups is 1. The van der Waals surface area contributed by atoms with Crippen LogP contribution in [0.15, 0.2) is 6.20 Å². The lowest BCUT2D eigenvalue weighted by atomic mass is 10.1. The summed E-state index contributed by atoms with van der Waals surface area (Å²) < 4.78 is 1.55. The molecule has 0 saturated carbocycles. The topological polar surface area (TPSA) is 50.9 Å². The average molecular weight is 211 g/mol. The van der Waals surface area contributed by atoms with Crippen LogP contribution in [0.4, 0.5) is 0 Å². The molecule has 0 radical (unpaired) electrons. The fourth-order valence-corrected chi connectivity index (χ4v) is 1.50. The van der Waals surface area contributed by atoms with Crippen LogP contribution in [0.25, 0.3) is 0 Å². The summed E-state index contributed by atoms with van der Waals surface area (Å²) in [5, 5.41) is 17.8. The Bertz CT molecular complexity index is 294. The predicted molar refractivity (Wildman–Crippen MR) is 59.3 cm³/mol. The summed E-state index contributed by atoms with van der Waals surface area (Å²) >= 11 is 0. The van der Waals surface area contributed by atoms with Crippen molar-refractivity contribution in [2.75, 3.05) is 0 Å². The molecule has 0 aliphatic heterocycles. The van der Waals surface area contributed by atoms with Crippen LogP contribution in [0, 0.1) is 11.8 Å². The van der Waals surface area contributed by atoms with Gasteiger partial charge in [0.05, 0.1) is 11.9 Å². The molecule has 15 heavy (non-hydrogen) atoms. The van der Waals surface area contributed by atoms with Gasteiger partial charge in [-0.15, -0.1) is 5.10 Å². The Morgan fingerprint density at radius 3 is 2.47 bits per heavy atom. The summed E-state index contributed by atoms with van der Waals surface area (Å²) in [6.07, 6.45) is 2.92. The molecule has 1 rings (SSSR count). The molecule has 4 heteroatoms. The van der Waals surface area contributed by atoms with E-state index in [9.17, 15) is 5.11 Å². The van der Waals surface area contributed by atoms with Crippen LogP contribution in [0.3, 0.4) is 0 Å². The molecule has 1 atom stereocenters. The molecule has 4 nitrogen and oxygen atoms in total. The Labute approximate surface area is 91.3 Å². The number of hydrogen-bond acceptors (Lipinski definition) is 3. The Morgan fingerprint density at radius 1 is 1.27 bits per heavy atom. The fraction of sp³-hybridized carbons (Fsp3) is 0.818. The Morgan fingerprint density at radius 2 is 1.93 bits per heavy atom. The summed E-state index contributed by atoms with van der Waals surface area (Å²) in [5.74, 6) is 1.02. The number of rotatable bonds is 5. The minimum absolute atomic E-state index is 0.456. The van der Waals surface area contributed by atoms with Crippen molar-refractivity contribution in [3.8, 4) is 0 Å². The Kier molecular flexibility index (Phi) is 4.27. The summed E-state index contributed by atoms with van der Waals surface area (Å²) in [6, 6.07) is 0. The van der Waals surface area contributed by atoms with Gasteiger partial charge in [0.2, 0.25) is 0 Å². The molecule has 0 fully saturated rings. The van der Waals surface area contributed by atoms with Gasteiger partial charge in [-0.1, -0.05) is 32.9 Å². The van der Waals surface area contributed by atoms with E-state index in [1.54, 1.807) is 4.68 Å². The second-order valence-corrected chi connectivity index (χ2v) is 4.90. The highest BCUT2D eigenvalue weighted by Gasteiger charge is 2.11. The summed E-state index contributed by atoms with van der Waals surface area (Å²) in [5.41, 5.74) is 0.952. The smallest absolute Gasteiger partial charge is 0.149 e. The van der Waals surface area contributed by atoms with E-state index >= 15 is 0 Å². The number of hydrogen-bond donors (Lipinski definition) is 1.